The molecule has 5 heteroatoms. The molecule has 0 saturated carbocycles. The van der Waals surface area contributed by atoms with Crippen LogP contribution in [0, 0.1) is 0 Å². The van der Waals surface area contributed by atoms with Crippen molar-refractivity contribution >= 4 is 17.6 Å². The van der Waals surface area contributed by atoms with Crippen LogP contribution in [0.4, 0.5) is 5.69 Å². The van der Waals surface area contributed by atoms with Crippen LogP contribution < -0.4 is 11.1 Å². The molecule has 3 N–H and O–H groups in total. The van der Waals surface area contributed by atoms with Crippen molar-refractivity contribution < 1.29 is 14.3 Å². The summed E-state index contributed by atoms with van der Waals surface area (Å²) in [5.41, 5.74) is 7.02. The molecule has 0 radical (unpaired) electrons. The highest BCUT2D eigenvalue weighted by atomic mass is 16.5. The normalized spacial score (nSPS) is 12.0. The van der Waals surface area contributed by atoms with Crippen molar-refractivity contribution in [3.8, 4) is 0 Å². The molecule has 1 aromatic carbocycles. The van der Waals surface area contributed by atoms with Crippen molar-refractivity contribution in [1.82, 2.24) is 5.32 Å². The molecule has 1 atom stereocenters. The number of nitrogen functional groups attached to an aromatic ring is 1. The Labute approximate surface area is 125 Å². The van der Waals surface area contributed by atoms with Gasteiger partial charge in [-0.15, -0.1) is 0 Å². The monoisotopic (exact) mass is 292 g/mol. The van der Waals surface area contributed by atoms with Crippen molar-refractivity contribution in [3.05, 3.63) is 29.8 Å². The highest BCUT2D eigenvalue weighted by Crippen LogP contribution is 2.08. The Balaban J connectivity index is 2.48. The first-order valence-corrected chi connectivity index (χ1v) is 7.30. The predicted molar refractivity (Wildman–Crippen MR) is 82.6 cm³/mol. The number of nitrogens with one attached hydrogen (secondary N) is 1. The number of esters is 1. The second-order valence-corrected chi connectivity index (χ2v) is 5.08. The van der Waals surface area contributed by atoms with E-state index in [4.69, 9.17) is 10.5 Å². The second-order valence-electron chi connectivity index (χ2n) is 5.08. The van der Waals surface area contributed by atoms with Crippen molar-refractivity contribution in [2.24, 2.45) is 0 Å². The lowest BCUT2D eigenvalue weighted by Crippen LogP contribution is -2.41. The SMILES string of the molecule is CCC(CC)NC(=O)C(C)OC(=O)Cc1cccc(N)c1. The number of hydrogen-bond donors (Lipinski definition) is 2. The number of benzene rings is 1. The molecule has 0 spiro atoms. The number of hydrogen-bond acceptors (Lipinski definition) is 4. The van der Waals surface area contributed by atoms with Gasteiger partial charge in [0.15, 0.2) is 6.10 Å². The van der Waals surface area contributed by atoms with Crippen molar-refractivity contribution in [3.63, 3.8) is 0 Å². The van der Waals surface area contributed by atoms with Gasteiger partial charge >= 0.3 is 5.97 Å². The summed E-state index contributed by atoms with van der Waals surface area (Å²) in [6.07, 6.45) is 1.02. The maximum Gasteiger partial charge on any atom is 0.311 e. The molecule has 1 amide bonds. The standard InChI is InChI=1S/C16H24N2O3/c1-4-14(5-2)18-16(20)11(3)21-15(19)10-12-7-6-8-13(17)9-12/h6-9,11,14H,4-5,10,17H2,1-3H3,(H,18,20). The molecule has 116 valence electrons. The highest BCUT2D eigenvalue weighted by molar-refractivity contribution is 5.84. The topological polar surface area (TPSA) is 81.4 Å². The van der Waals surface area contributed by atoms with E-state index in [0.717, 1.165) is 18.4 Å². The quantitative estimate of drug-likeness (QED) is 0.595. The molecule has 1 unspecified atom stereocenters. The van der Waals surface area contributed by atoms with Crippen LogP contribution in [-0.2, 0) is 20.7 Å². The van der Waals surface area contributed by atoms with Crippen LogP contribution >= 0.6 is 0 Å². The number of amides is 1. The van der Waals surface area contributed by atoms with Crippen LogP contribution in [0.2, 0.25) is 0 Å². The van der Waals surface area contributed by atoms with Gasteiger partial charge in [0.05, 0.1) is 6.42 Å². The Morgan fingerprint density at radius 1 is 1.29 bits per heavy atom. The van der Waals surface area contributed by atoms with Crippen LogP contribution in [0.5, 0.6) is 0 Å². The van der Waals surface area contributed by atoms with Crippen LogP contribution in [0.3, 0.4) is 0 Å². The van der Waals surface area contributed by atoms with Crippen molar-refractivity contribution in [2.75, 3.05) is 5.73 Å². The summed E-state index contributed by atoms with van der Waals surface area (Å²) >= 11 is 0. The largest absolute Gasteiger partial charge is 0.452 e. The highest BCUT2D eigenvalue weighted by Gasteiger charge is 2.19. The zero-order chi connectivity index (χ0) is 15.8. The lowest BCUT2D eigenvalue weighted by atomic mass is 10.1. The van der Waals surface area contributed by atoms with Crippen molar-refractivity contribution in [1.29, 1.82) is 0 Å². The van der Waals surface area contributed by atoms with Gasteiger partial charge in [0, 0.05) is 11.7 Å². The summed E-state index contributed by atoms with van der Waals surface area (Å²) in [5.74, 6) is -0.697. The number of rotatable bonds is 7. The average molecular weight is 292 g/mol. The van der Waals surface area contributed by atoms with E-state index in [1.807, 2.05) is 13.8 Å². The smallest absolute Gasteiger partial charge is 0.311 e. The summed E-state index contributed by atoms with van der Waals surface area (Å²) < 4.78 is 5.15. The maximum absolute atomic E-state index is 11.9. The molecule has 0 aliphatic heterocycles. The third kappa shape index (κ3) is 5.85. The fourth-order valence-corrected chi connectivity index (χ4v) is 1.97. The first kappa shape index (κ1) is 17.0. The Hall–Kier alpha value is -2.04. The van der Waals surface area contributed by atoms with Gasteiger partial charge in [-0.2, -0.15) is 0 Å². The molecule has 0 aliphatic rings. The molecule has 0 saturated heterocycles. The molecule has 5 nitrogen and oxygen atoms in total. The molecule has 0 heterocycles. The first-order chi connectivity index (χ1) is 9.96. The fraction of sp³-hybridized carbons (Fsp3) is 0.500. The molecule has 0 fully saturated rings. The van der Waals surface area contributed by atoms with Crippen LogP contribution in [0.25, 0.3) is 0 Å². The Morgan fingerprint density at radius 2 is 1.95 bits per heavy atom. The summed E-state index contributed by atoms with van der Waals surface area (Å²) in [6.45, 7) is 5.59. The minimum Gasteiger partial charge on any atom is -0.452 e. The summed E-state index contributed by atoms with van der Waals surface area (Å²) in [4.78, 5) is 23.7. The van der Waals surface area contributed by atoms with Gasteiger partial charge in [-0.05, 0) is 37.5 Å². The summed E-state index contributed by atoms with van der Waals surface area (Å²) in [5, 5.41) is 2.86. The average Bonchev–Trinajstić information content (AvgIpc) is 2.44. The third-order valence-corrected chi connectivity index (χ3v) is 3.31. The van der Waals surface area contributed by atoms with E-state index >= 15 is 0 Å². The zero-order valence-electron chi connectivity index (χ0n) is 12.9. The summed E-state index contributed by atoms with van der Waals surface area (Å²) in [7, 11) is 0. The number of nitrogens with two attached hydrogens (primary N) is 1. The lowest BCUT2D eigenvalue weighted by molar-refractivity contribution is -0.154. The van der Waals surface area contributed by atoms with Gasteiger partial charge in [-0.1, -0.05) is 26.0 Å². The minimum atomic E-state index is -0.792. The van der Waals surface area contributed by atoms with Crippen LogP contribution in [-0.4, -0.2) is 24.0 Å². The van der Waals surface area contributed by atoms with Gasteiger partial charge in [0.25, 0.3) is 5.91 Å². The van der Waals surface area contributed by atoms with Gasteiger partial charge in [-0.3, -0.25) is 9.59 Å². The van der Waals surface area contributed by atoms with Crippen LogP contribution in [0.1, 0.15) is 39.2 Å². The minimum absolute atomic E-state index is 0.105. The van der Waals surface area contributed by atoms with E-state index in [-0.39, 0.29) is 18.4 Å². The molecule has 0 aromatic heterocycles. The second kappa shape index (κ2) is 8.29. The Bertz CT molecular complexity index is 484. The maximum atomic E-state index is 11.9. The molecular formula is C16H24N2O3. The number of carbonyl (C=O) groups excluding carboxylic acids is 2. The molecule has 21 heavy (non-hydrogen) atoms. The predicted octanol–water partition coefficient (Wildman–Crippen LogP) is 2.05. The van der Waals surface area contributed by atoms with Gasteiger partial charge in [-0.25, -0.2) is 0 Å². The summed E-state index contributed by atoms with van der Waals surface area (Å²) in [6, 6.07) is 7.16. The molecule has 0 bridgehead atoms. The number of ether oxygens (including phenoxy) is 1. The Morgan fingerprint density at radius 3 is 2.52 bits per heavy atom. The Kier molecular flexibility index (Phi) is 6.72. The molecular weight excluding hydrogens is 268 g/mol. The van der Waals surface area contributed by atoms with Gasteiger partial charge in [0.1, 0.15) is 0 Å². The first-order valence-electron chi connectivity index (χ1n) is 7.30. The van der Waals surface area contributed by atoms with E-state index in [1.165, 1.54) is 0 Å². The lowest BCUT2D eigenvalue weighted by Gasteiger charge is -2.18. The van der Waals surface area contributed by atoms with Crippen molar-refractivity contribution in [2.45, 2.75) is 52.2 Å². The molecule has 1 rings (SSSR count). The van der Waals surface area contributed by atoms with E-state index in [1.54, 1.807) is 31.2 Å². The zero-order valence-corrected chi connectivity index (χ0v) is 12.9. The van der Waals surface area contributed by atoms with Crippen LogP contribution in [0.15, 0.2) is 24.3 Å². The van der Waals surface area contributed by atoms with Gasteiger partial charge < -0.3 is 15.8 Å². The number of anilines is 1. The fourth-order valence-electron chi connectivity index (χ4n) is 1.97. The van der Waals surface area contributed by atoms with E-state index in [0.29, 0.717) is 5.69 Å². The molecule has 1 aromatic rings. The van der Waals surface area contributed by atoms with E-state index in [2.05, 4.69) is 5.32 Å². The molecule has 0 aliphatic carbocycles. The van der Waals surface area contributed by atoms with E-state index < -0.39 is 12.1 Å². The number of carbonyl (C=O) groups is 2. The third-order valence-electron chi connectivity index (χ3n) is 3.31. The van der Waals surface area contributed by atoms with Gasteiger partial charge in [0.2, 0.25) is 0 Å². The van der Waals surface area contributed by atoms with E-state index in [9.17, 15) is 9.59 Å².